The minimum Gasteiger partial charge on any atom is -0.481 e. The molecule has 0 aliphatic heterocycles. The lowest BCUT2D eigenvalue weighted by Crippen LogP contribution is -2.38. The number of carbonyl (C=O) groups is 3. The van der Waals surface area contributed by atoms with Crippen molar-refractivity contribution in [1.29, 1.82) is 0 Å². The van der Waals surface area contributed by atoms with Gasteiger partial charge >= 0.3 is 17.9 Å². The molecule has 0 saturated carbocycles. The minimum atomic E-state index is -1.50. The largest absolute Gasteiger partial charge is 0.481 e. The summed E-state index contributed by atoms with van der Waals surface area (Å²) in [5.41, 5.74) is 0. The number of carboxylic acid groups (broad SMARTS) is 1. The monoisotopic (exact) mass is 302 g/mol. The lowest BCUT2D eigenvalue weighted by Gasteiger charge is -2.20. The van der Waals surface area contributed by atoms with Crippen molar-refractivity contribution in [2.24, 2.45) is 11.8 Å². The molecule has 0 spiro atoms. The third kappa shape index (κ3) is 7.11. The lowest BCUT2D eigenvalue weighted by molar-refractivity contribution is -0.169. The first-order valence-electron chi connectivity index (χ1n) is 7.55. The fourth-order valence-electron chi connectivity index (χ4n) is 1.90. The molecule has 6 nitrogen and oxygen atoms in total. The highest BCUT2D eigenvalue weighted by molar-refractivity contribution is 5.98. The molecule has 0 aliphatic rings. The smallest absolute Gasteiger partial charge is 0.321 e. The number of hydrogen-bond donors (Lipinski definition) is 1. The Balaban J connectivity index is 4.70. The highest BCUT2D eigenvalue weighted by atomic mass is 16.5. The molecular formula is C15H26O6. The first-order valence-corrected chi connectivity index (χ1v) is 7.55. The summed E-state index contributed by atoms with van der Waals surface area (Å²) in [7, 11) is 0. The average Bonchev–Trinajstić information content (AvgIpc) is 2.45. The minimum absolute atomic E-state index is 0.143. The molecule has 0 bridgehead atoms. The molecule has 0 aromatic heterocycles. The van der Waals surface area contributed by atoms with E-state index in [-0.39, 0.29) is 19.6 Å². The molecule has 0 amide bonds. The van der Waals surface area contributed by atoms with Gasteiger partial charge in [-0.15, -0.1) is 0 Å². The van der Waals surface area contributed by atoms with Gasteiger partial charge in [0, 0.05) is 0 Å². The molecule has 21 heavy (non-hydrogen) atoms. The zero-order valence-electron chi connectivity index (χ0n) is 13.1. The van der Waals surface area contributed by atoms with E-state index < -0.39 is 29.7 Å². The van der Waals surface area contributed by atoms with E-state index in [0.717, 1.165) is 19.3 Å². The summed E-state index contributed by atoms with van der Waals surface area (Å²) >= 11 is 0. The molecule has 0 aromatic rings. The Hall–Kier alpha value is -1.59. The predicted molar refractivity (Wildman–Crippen MR) is 76.6 cm³/mol. The fourth-order valence-corrected chi connectivity index (χ4v) is 1.90. The molecule has 6 heteroatoms. The van der Waals surface area contributed by atoms with Crippen LogP contribution in [0.3, 0.4) is 0 Å². The molecule has 2 unspecified atom stereocenters. The number of carboxylic acids is 1. The zero-order valence-corrected chi connectivity index (χ0v) is 13.1. The van der Waals surface area contributed by atoms with Crippen molar-refractivity contribution in [3.63, 3.8) is 0 Å². The first-order chi connectivity index (χ1) is 9.99. The van der Waals surface area contributed by atoms with Crippen molar-refractivity contribution >= 4 is 17.9 Å². The van der Waals surface area contributed by atoms with Gasteiger partial charge in [0.2, 0.25) is 0 Å². The number of unbranched alkanes of at least 4 members (excludes halogenated alkanes) is 2. The average molecular weight is 302 g/mol. The number of hydrogen-bond acceptors (Lipinski definition) is 5. The van der Waals surface area contributed by atoms with Crippen molar-refractivity contribution in [2.75, 3.05) is 13.2 Å². The number of rotatable bonds is 11. The van der Waals surface area contributed by atoms with Crippen LogP contribution >= 0.6 is 0 Å². The normalized spacial score (nSPS) is 13.3. The highest BCUT2D eigenvalue weighted by Crippen LogP contribution is 2.20. The Morgan fingerprint density at radius 2 is 1.52 bits per heavy atom. The second kappa shape index (κ2) is 11.1. The maximum absolute atomic E-state index is 12.0. The number of aliphatic carboxylic acids is 1. The molecule has 1 N–H and O–H groups in total. The zero-order chi connectivity index (χ0) is 16.3. The molecule has 0 saturated heterocycles. The van der Waals surface area contributed by atoms with Crippen LogP contribution in [0.15, 0.2) is 0 Å². The van der Waals surface area contributed by atoms with Crippen LogP contribution in [0.25, 0.3) is 0 Å². The standard InChI is InChI=1S/C15H26O6/c1-4-7-8-10-21-14(18)11(6-3)12(13(16)17)15(19)20-9-5-2/h11-12H,4-10H2,1-3H3,(H,16,17). The maximum Gasteiger partial charge on any atom is 0.321 e. The third-order valence-corrected chi connectivity index (χ3v) is 3.11. The van der Waals surface area contributed by atoms with Gasteiger partial charge < -0.3 is 14.6 Å². The Kier molecular flexibility index (Phi) is 10.3. The molecule has 0 aliphatic carbocycles. The van der Waals surface area contributed by atoms with Gasteiger partial charge in [0.05, 0.1) is 19.1 Å². The van der Waals surface area contributed by atoms with E-state index in [0.29, 0.717) is 6.42 Å². The predicted octanol–water partition coefficient (Wildman–Crippen LogP) is 2.40. The Morgan fingerprint density at radius 1 is 0.905 bits per heavy atom. The number of ether oxygens (including phenoxy) is 2. The number of esters is 2. The fraction of sp³-hybridized carbons (Fsp3) is 0.800. The summed E-state index contributed by atoms with van der Waals surface area (Å²) in [4.78, 5) is 35.1. The van der Waals surface area contributed by atoms with Crippen LogP contribution in [0.5, 0.6) is 0 Å². The first kappa shape index (κ1) is 19.4. The quantitative estimate of drug-likeness (QED) is 0.358. The van der Waals surface area contributed by atoms with Gasteiger partial charge in [0.15, 0.2) is 5.92 Å². The molecular weight excluding hydrogens is 276 g/mol. The molecule has 2 atom stereocenters. The molecule has 0 heterocycles. The number of carbonyl (C=O) groups excluding carboxylic acids is 2. The van der Waals surface area contributed by atoms with Crippen molar-refractivity contribution in [3.8, 4) is 0 Å². The lowest BCUT2D eigenvalue weighted by atomic mass is 9.90. The van der Waals surface area contributed by atoms with Gasteiger partial charge in [-0.3, -0.25) is 14.4 Å². The van der Waals surface area contributed by atoms with E-state index in [4.69, 9.17) is 9.47 Å². The van der Waals surface area contributed by atoms with Crippen LogP contribution in [0.2, 0.25) is 0 Å². The Morgan fingerprint density at radius 3 is 2.00 bits per heavy atom. The van der Waals surface area contributed by atoms with Crippen LogP contribution in [-0.2, 0) is 23.9 Å². The van der Waals surface area contributed by atoms with E-state index in [1.165, 1.54) is 0 Å². The van der Waals surface area contributed by atoms with E-state index in [1.54, 1.807) is 6.92 Å². The molecule has 0 rings (SSSR count). The topological polar surface area (TPSA) is 89.9 Å². The van der Waals surface area contributed by atoms with Crippen LogP contribution in [0.4, 0.5) is 0 Å². The second-order valence-electron chi connectivity index (χ2n) is 4.87. The summed E-state index contributed by atoms with van der Waals surface area (Å²) in [5, 5.41) is 9.19. The molecule has 122 valence electrons. The van der Waals surface area contributed by atoms with Crippen LogP contribution in [0, 0.1) is 11.8 Å². The van der Waals surface area contributed by atoms with Crippen LogP contribution < -0.4 is 0 Å². The SMILES string of the molecule is CCCCCOC(=O)C(CC)C(C(=O)O)C(=O)OCCC. The summed E-state index contributed by atoms with van der Waals surface area (Å²) in [6, 6.07) is 0. The van der Waals surface area contributed by atoms with Gasteiger partial charge in [-0.1, -0.05) is 33.6 Å². The second-order valence-corrected chi connectivity index (χ2v) is 4.87. The van der Waals surface area contributed by atoms with Gasteiger partial charge in [-0.2, -0.15) is 0 Å². The summed E-state index contributed by atoms with van der Waals surface area (Å²) in [5.74, 6) is -5.38. The van der Waals surface area contributed by atoms with Crippen molar-refractivity contribution in [1.82, 2.24) is 0 Å². The van der Waals surface area contributed by atoms with E-state index in [9.17, 15) is 19.5 Å². The van der Waals surface area contributed by atoms with Gasteiger partial charge in [0.25, 0.3) is 0 Å². The summed E-state index contributed by atoms with van der Waals surface area (Å²) in [6.45, 7) is 5.88. The van der Waals surface area contributed by atoms with Crippen molar-refractivity contribution < 1.29 is 29.0 Å². The van der Waals surface area contributed by atoms with Gasteiger partial charge in [0.1, 0.15) is 0 Å². The van der Waals surface area contributed by atoms with Gasteiger partial charge in [-0.25, -0.2) is 0 Å². The summed E-state index contributed by atoms with van der Waals surface area (Å²) < 4.78 is 9.94. The van der Waals surface area contributed by atoms with Crippen molar-refractivity contribution in [3.05, 3.63) is 0 Å². The molecule has 0 fully saturated rings. The van der Waals surface area contributed by atoms with E-state index in [1.807, 2.05) is 13.8 Å². The van der Waals surface area contributed by atoms with E-state index >= 15 is 0 Å². The van der Waals surface area contributed by atoms with E-state index in [2.05, 4.69) is 0 Å². The van der Waals surface area contributed by atoms with Crippen molar-refractivity contribution in [2.45, 2.75) is 52.9 Å². The maximum atomic E-state index is 12.0. The molecule has 0 aromatic carbocycles. The highest BCUT2D eigenvalue weighted by Gasteiger charge is 2.40. The summed E-state index contributed by atoms with van der Waals surface area (Å²) in [6.07, 6.45) is 3.47. The van der Waals surface area contributed by atoms with Crippen LogP contribution in [-0.4, -0.2) is 36.2 Å². The third-order valence-electron chi connectivity index (χ3n) is 3.11. The Bertz CT molecular complexity index is 339. The van der Waals surface area contributed by atoms with Crippen LogP contribution in [0.1, 0.15) is 52.9 Å². The molecule has 0 radical (unpaired) electrons. The Labute approximate surface area is 125 Å². The van der Waals surface area contributed by atoms with Gasteiger partial charge in [-0.05, 0) is 19.3 Å².